The number of aryl methyl sites for hydroxylation is 3. The normalized spacial score (nSPS) is 10.7. The zero-order chi connectivity index (χ0) is 15.6. The van der Waals surface area contributed by atoms with Crippen LogP contribution in [0.5, 0.6) is 0 Å². The molecule has 1 heterocycles. The first-order valence-corrected chi connectivity index (χ1v) is 7.53. The number of hydrogen-bond donors (Lipinski definition) is 2. The lowest BCUT2D eigenvalue weighted by Crippen LogP contribution is -2.16. The van der Waals surface area contributed by atoms with Crippen LogP contribution in [-0.4, -0.2) is 15.7 Å². The van der Waals surface area contributed by atoms with E-state index in [1.54, 1.807) is 6.07 Å². The van der Waals surface area contributed by atoms with Crippen LogP contribution in [0, 0.1) is 20.8 Å². The number of benzene rings is 1. The van der Waals surface area contributed by atoms with Gasteiger partial charge in [0.1, 0.15) is 0 Å². The van der Waals surface area contributed by atoms with Crippen LogP contribution in [0.3, 0.4) is 0 Å². The maximum Gasteiger partial charge on any atom is 0.226 e. The Balaban J connectivity index is 1.99. The Morgan fingerprint density at radius 3 is 2.71 bits per heavy atom. The summed E-state index contributed by atoms with van der Waals surface area (Å²) in [7, 11) is 0. The Hall–Kier alpha value is -1.82. The van der Waals surface area contributed by atoms with E-state index in [9.17, 15) is 4.79 Å². The summed E-state index contributed by atoms with van der Waals surface area (Å²) in [5.74, 6) is -0.0487. The molecule has 0 spiro atoms. The Labute approximate surface area is 132 Å². The second-order valence-electron chi connectivity index (χ2n) is 5.08. The molecule has 6 heteroatoms. The molecule has 21 heavy (non-hydrogen) atoms. The molecule has 0 saturated carbocycles. The Morgan fingerprint density at radius 2 is 2.10 bits per heavy atom. The van der Waals surface area contributed by atoms with Crippen molar-refractivity contribution in [1.82, 2.24) is 9.78 Å². The number of nitrogens with two attached hydrogens (primary N) is 1. The van der Waals surface area contributed by atoms with E-state index in [0.29, 0.717) is 18.7 Å². The molecule has 1 aromatic heterocycles. The first-order chi connectivity index (χ1) is 9.88. The Bertz CT molecular complexity index is 679. The van der Waals surface area contributed by atoms with E-state index in [4.69, 9.17) is 5.73 Å². The summed E-state index contributed by atoms with van der Waals surface area (Å²) in [6, 6.07) is 5.48. The number of carbonyl (C=O) groups is 1. The molecule has 5 nitrogen and oxygen atoms in total. The van der Waals surface area contributed by atoms with Crippen molar-refractivity contribution in [2.75, 3.05) is 11.1 Å². The zero-order valence-electron chi connectivity index (χ0n) is 12.4. The minimum atomic E-state index is -0.0487. The highest BCUT2D eigenvalue weighted by atomic mass is 79.9. The van der Waals surface area contributed by atoms with Crippen LogP contribution in [-0.2, 0) is 11.3 Å². The van der Waals surface area contributed by atoms with Gasteiger partial charge in [0.15, 0.2) is 0 Å². The van der Waals surface area contributed by atoms with Crippen LogP contribution in [0.25, 0.3) is 0 Å². The van der Waals surface area contributed by atoms with Gasteiger partial charge >= 0.3 is 0 Å². The second-order valence-corrected chi connectivity index (χ2v) is 5.87. The predicted molar refractivity (Wildman–Crippen MR) is 88.2 cm³/mol. The summed E-state index contributed by atoms with van der Waals surface area (Å²) in [6.45, 7) is 6.40. The minimum Gasteiger partial charge on any atom is -0.399 e. The SMILES string of the molecule is Cc1ccc(N)cc1NC(=O)CCn1nc(C)c(Br)c1C. The first-order valence-electron chi connectivity index (χ1n) is 6.74. The molecule has 3 N–H and O–H groups in total. The molecular weight excluding hydrogens is 332 g/mol. The monoisotopic (exact) mass is 350 g/mol. The lowest BCUT2D eigenvalue weighted by Gasteiger charge is -2.10. The van der Waals surface area contributed by atoms with Crippen molar-refractivity contribution in [3.8, 4) is 0 Å². The van der Waals surface area contributed by atoms with Crippen molar-refractivity contribution in [3.05, 3.63) is 39.6 Å². The van der Waals surface area contributed by atoms with Gasteiger partial charge in [0.25, 0.3) is 0 Å². The van der Waals surface area contributed by atoms with E-state index in [0.717, 1.165) is 27.1 Å². The minimum absolute atomic E-state index is 0.0487. The van der Waals surface area contributed by atoms with Crippen LogP contribution in [0.1, 0.15) is 23.4 Å². The van der Waals surface area contributed by atoms with Crippen molar-refractivity contribution in [2.45, 2.75) is 33.7 Å². The highest BCUT2D eigenvalue weighted by molar-refractivity contribution is 9.10. The van der Waals surface area contributed by atoms with Crippen molar-refractivity contribution >= 4 is 33.2 Å². The van der Waals surface area contributed by atoms with Gasteiger partial charge in [-0.05, 0) is 54.4 Å². The highest BCUT2D eigenvalue weighted by Crippen LogP contribution is 2.21. The summed E-state index contributed by atoms with van der Waals surface area (Å²) in [5.41, 5.74) is 10.1. The topological polar surface area (TPSA) is 72.9 Å². The van der Waals surface area contributed by atoms with Gasteiger partial charge in [0.2, 0.25) is 5.91 Å². The number of anilines is 2. The van der Waals surface area contributed by atoms with Gasteiger partial charge in [-0.1, -0.05) is 6.07 Å². The number of rotatable bonds is 4. The molecule has 0 fully saturated rings. The van der Waals surface area contributed by atoms with Crippen LogP contribution in [0.15, 0.2) is 22.7 Å². The number of amides is 1. The van der Waals surface area contributed by atoms with E-state index in [1.165, 1.54) is 0 Å². The van der Waals surface area contributed by atoms with E-state index in [2.05, 4.69) is 26.3 Å². The molecule has 1 aromatic carbocycles. The van der Waals surface area contributed by atoms with Crippen LogP contribution < -0.4 is 11.1 Å². The number of nitrogens with zero attached hydrogens (tertiary/aromatic N) is 2. The van der Waals surface area contributed by atoms with Gasteiger partial charge in [0.05, 0.1) is 16.7 Å². The van der Waals surface area contributed by atoms with E-state index < -0.39 is 0 Å². The van der Waals surface area contributed by atoms with Crippen LogP contribution in [0.4, 0.5) is 11.4 Å². The zero-order valence-corrected chi connectivity index (χ0v) is 14.0. The predicted octanol–water partition coefficient (Wildman–Crippen LogP) is 3.18. The maximum absolute atomic E-state index is 12.0. The molecule has 0 aliphatic carbocycles. The third-order valence-electron chi connectivity index (χ3n) is 3.38. The Morgan fingerprint density at radius 1 is 1.38 bits per heavy atom. The average molecular weight is 351 g/mol. The molecule has 1 amide bonds. The molecule has 0 bridgehead atoms. The van der Waals surface area contributed by atoms with Gasteiger partial charge in [-0.15, -0.1) is 0 Å². The van der Waals surface area contributed by atoms with Crippen molar-refractivity contribution in [2.24, 2.45) is 0 Å². The number of nitrogens with one attached hydrogen (secondary N) is 1. The number of carbonyl (C=O) groups excluding carboxylic acids is 1. The van der Waals surface area contributed by atoms with Gasteiger partial charge < -0.3 is 11.1 Å². The number of halogens is 1. The third kappa shape index (κ3) is 3.64. The smallest absolute Gasteiger partial charge is 0.226 e. The van der Waals surface area contributed by atoms with Gasteiger partial charge in [-0.25, -0.2) is 0 Å². The first kappa shape index (κ1) is 15.6. The molecule has 0 radical (unpaired) electrons. The quantitative estimate of drug-likeness (QED) is 0.831. The highest BCUT2D eigenvalue weighted by Gasteiger charge is 2.11. The summed E-state index contributed by atoms with van der Waals surface area (Å²) >= 11 is 3.48. The number of hydrogen-bond acceptors (Lipinski definition) is 3. The lowest BCUT2D eigenvalue weighted by molar-refractivity contribution is -0.116. The number of aromatic nitrogens is 2. The molecule has 0 aliphatic heterocycles. The molecule has 112 valence electrons. The fourth-order valence-electron chi connectivity index (χ4n) is 2.09. The maximum atomic E-state index is 12.0. The molecule has 0 aliphatic rings. The molecular formula is C15H19BrN4O. The molecule has 0 unspecified atom stereocenters. The van der Waals surface area contributed by atoms with E-state index in [1.807, 2.05) is 37.6 Å². The van der Waals surface area contributed by atoms with E-state index in [-0.39, 0.29) is 5.91 Å². The van der Waals surface area contributed by atoms with Gasteiger partial charge in [-0.3, -0.25) is 9.48 Å². The van der Waals surface area contributed by atoms with Gasteiger partial charge in [-0.2, -0.15) is 5.10 Å². The summed E-state index contributed by atoms with van der Waals surface area (Å²) in [4.78, 5) is 12.0. The van der Waals surface area contributed by atoms with E-state index >= 15 is 0 Å². The van der Waals surface area contributed by atoms with Crippen molar-refractivity contribution < 1.29 is 4.79 Å². The second kappa shape index (κ2) is 6.30. The van der Waals surface area contributed by atoms with Crippen molar-refractivity contribution in [3.63, 3.8) is 0 Å². The molecule has 0 atom stereocenters. The van der Waals surface area contributed by atoms with Crippen LogP contribution >= 0.6 is 15.9 Å². The van der Waals surface area contributed by atoms with Crippen LogP contribution in [0.2, 0.25) is 0 Å². The van der Waals surface area contributed by atoms with Crippen molar-refractivity contribution in [1.29, 1.82) is 0 Å². The molecule has 2 rings (SSSR count). The standard InChI is InChI=1S/C15H19BrN4O/c1-9-4-5-12(17)8-13(9)18-14(21)6-7-20-11(3)15(16)10(2)19-20/h4-5,8H,6-7,17H2,1-3H3,(H,18,21). The Kier molecular flexibility index (Phi) is 4.67. The summed E-state index contributed by atoms with van der Waals surface area (Å²) in [5, 5.41) is 7.28. The number of nitrogen functional groups attached to an aromatic ring is 1. The lowest BCUT2D eigenvalue weighted by atomic mass is 10.2. The largest absolute Gasteiger partial charge is 0.399 e. The fraction of sp³-hybridized carbons (Fsp3) is 0.333. The van der Waals surface area contributed by atoms with Gasteiger partial charge in [0, 0.05) is 23.5 Å². The molecule has 0 saturated heterocycles. The summed E-state index contributed by atoms with van der Waals surface area (Å²) in [6.07, 6.45) is 0.364. The molecule has 2 aromatic rings. The fourth-order valence-corrected chi connectivity index (χ4v) is 2.37. The average Bonchev–Trinajstić information content (AvgIpc) is 2.68. The third-order valence-corrected chi connectivity index (χ3v) is 4.53. The summed E-state index contributed by atoms with van der Waals surface area (Å²) < 4.78 is 2.83.